The Morgan fingerprint density at radius 3 is 2.83 bits per heavy atom. The quantitative estimate of drug-likeness (QED) is 0.858. The summed E-state index contributed by atoms with van der Waals surface area (Å²) in [5, 5.41) is 12.4. The Kier molecular flexibility index (Phi) is 3.80. The van der Waals surface area contributed by atoms with Crippen molar-refractivity contribution in [1.29, 1.82) is 0 Å². The van der Waals surface area contributed by atoms with E-state index in [1.807, 2.05) is 18.7 Å². The number of aromatic carboxylic acids is 1. The molecule has 0 atom stereocenters. The molecule has 2 N–H and O–H groups in total. The van der Waals surface area contributed by atoms with Crippen molar-refractivity contribution in [3.63, 3.8) is 0 Å². The van der Waals surface area contributed by atoms with Gasteiger partial charge >= 0.3 is 5.97 Å². The summed E-state index contributed by atoms with van der Waals surface area (Å²) in [4.78, 5) is 15.2. The molecular formula is C13H18N2O2S. The van der Waals surface area contributed by atoms with Crippen molar-refractivity contribution in [3.8, 4) is 0 Å². The maximum absolute atomic E-state index is 11.1. The highest BCUT2D eigenvalue weighted by Crippen LogP contribution is 2.42. The molecule has 0 unspecified atom stereocenters. The number of aromatic nitrogens is 1. The van der Waals surface area contributed by atoms with Gasteiger partial charge in [-0.1, -0.05) is 6.42 Å². The molecule has 5 heteroatoms. The standard InChI is InChI=1S/C13H18N2O2S/c1-9-6-11(10(7-14-9)12(16)17)15-8-13(18-2)4-3-5-13/h6-7H,3-5,8H2,1-2H3,(H,14,15)(H,16,17). The van der Waals surface area contributed by atoms with Crippen LogP contribution >= 0.6 is 11.8 Å². The number of nitrogens with zero attached hydrogens (tertiary/aromatic N) is 1. The number of hydrogen-bond donors (Lipinski definition) is 2. The lowest BCUT2D eigenvalue weighted by Gasteiger charge is -2.40. The molecule has 18 heavy (non-hydrogen) atoms. The average Bonchev–Trinajstić information content (AvgIpc) is 2.28. The first-order valence-electron chi connectivity index (χ1n) is 6.05. The Hall–Kier alpha value is -1.23. The Labute approximate surface area is 111 Å². The third-order valence-corrected chi connectivity index (χ3v) is 4.99. The van der Waals surface area contributed by atoms with Crippen molar-refractivity contribution < 1.29 is 9.90 Å². The minimum Gasteiger partial charge on any atom is -0.478 e. The molecule has 0 saturated heterocycles. The largest absolute Gasteiger partial charge is 0.478 e. The molecule has 4 nitrogen and oxygen atoms in total. The molecule has 0 aromatic carbocycles. The third kappa shape index (κ3) is 2.61. The van der Waals surface area contributed by atoms with Gasteiger partial charge in [0, 0.05) is 23.2 Å². The molecule has 98 valence electrons. The number of carboxylic acid groups (broad SMARTS) is 1. The number of rotatable bonds is 5. The first-order valence-corrected chi connectivity index (χ1v) is 7.28. The summed E-state index contributed by atoms with van der Waals surface area (Å²) in [7, 11) is 0. The number of aryl methyl sites for hydroxylation is 1. The van der Waals surface area contributed by atoms with Crippen molar-refractivity contribution in [2.45, 2.75) is 30.9 Å². The highest BCUT2D eigenvalue weighted by molar-refractivity contribution is 8.00. The van der Waals surface area contributed by atoms with Crippen LogP contribution in [0.4, 0.5) is 5.69 Å². The minimum atomic E-state index is -0.934. The number of thioether (sulfide) groups is 1. The van der Waals surface area contributed by atoms with Crippen LogP contribution in [0.5, 0.6) is 0 Å². The summed E-state index contributed by atoms with van der Waals surface area (Å²) in [5.74, 6) is -0.934. The second-order valence-corrected chi connectivity index (χ2v) is 6.04. The van der Waals surface area contributed by atoms with Crippen molar-refractivity contribution in [2.24, 2.45) is 0 Å². The van der Waals surface area contributed by atoms with Crippen LogP contribution in [0.3, 0.4) is 0 Å². The topological polar surface area (TPSA) is 62.2 Å². The normalized spacial score (nSPS) is 17.0. The molecule has 1 aliphatic rings. The molecule has 1 fully saturated rings. The van der Waals surface area contributed by atoms with Crippen LogP contribution in [-0.4, -0.2) is 33.6 Å². The van der Waals surface area contributed by atoms with Gasteiger partial charge in [-0.25, -0.2) is 4.79 Å². The minimum absolute atomic E-state index is 0.246. The Morgan fingerprint density at radius 2 is 2.33 bits per heavy atom. The molecule has 0 spiro atoms. The second kappa shape index (κ2) is 5.18. The van der Waals surface area contributed by atoms with Crippen LogP contribution in [0.1, 0.15) is 35.3 Å². The van der Waals surface area contributed by atoms with E-state index in [4.69, 9.17) is 5.11 Å². The van der Waals surface area contributed by atoms with E-state index in [2.05, 4.69) is 16.6 Å². The number of anilines is 1. The fourth-order valence-corrected chi connectivity index (χ4v) is 3.07. The zero-order valence-corrected chi connectivity index (χ0v) is 11.5. The molecule has 1 aromatic rings. The van der Waals surface area contributed by atoms with E-state index in [1.54, 1.807) is 6.07 Å². The monoisotopic (exact) mass is 266 g/mol. The summed E-state index contributed by atoms with van der Waals surface area (Å²) in [6.45, 7) is 2.68. The molecule has 2 rings (SSSR count). The van der Waals surface area contributed by atoms with Gasteiger partial charge in [0.25, 0.3) is 0 Å². The van der Waals surface area contributed by atoms with Gasteiger partial charge in [0.05, 0.1) is 5.69 Å². The maximum Gasteiger partial charge on any atom is 0.339 e. The van der Waals surface area contributed by atoms with Gasteiger partial charge in [0.1, 0.15) is 5.56 Å². The van der Waals surface area contributed by atoms with Gasteiger partial charge in [-0.3, -0.25) is 4.98 Å². The van der Waals surface area contributed by atoms with Gasteiger partial charge in [-0.05, 0) is 32.1 Å². The van der Waals surface area contributed by atoms with Gasteiger partial charge < -0.3 is 10.4 Å². The number of carboxylic acids is 1. The Balaban J connectivity index is 2.12. The van der Waals surface area contributed by atoms with Crippen LogP contribution in [-0.2, 0) is 0 Å². The molecule has 1 aromatic heterocycles. The summed E-state index contributed by atoms with van der Waals surface area (Å²) < 4.78 is 0.285. The fraction of sp³-hybridized carbons (Fsp3) is 0.538. The molecule has 0 radical (unpaired) electrons. The van der Waals surface area contributed by atoms with Crippen molar-refractivity contribution >= 4 is 23.4 Å². The summed E-state index contributed by atoms with van der Waals surface area (Å²) in [6.07, 6.45) is 7.22. The lowest BCUT2D eigenvalue weighted by atomic mass is 9.84. The van der Waals surface area contributed by atoms with Gasteiger partial charge in [-0.15, -0.1) is 0 Å². The predicted octanol–water partition coefficient (Wildman–Crippen LogP) is 2.79. The van der Waals surface area contributed by atoms with E-state index in [-0.39, 0.29) is 10.3 Å². The van der Waals surface area contributed by atoms with Crippen molar-refractivity contribution in [3.05, 3.63) is 23.5 Å². The van der Waals surface area contributed by atoms with E-state index >= 15 is 0 Å². The number of carbonyl (C=O) groups is 1. The van der Waals surface area contributed by atoms with Crippen LogP contribution < -0.4 is 5.32 Å². The molecule has 0 aliphatic heterocycles. The van der Waals surface area contributed by atoms with Crippen LogP contribution in [0.2, 0.25) is 0 Å². The SMILES string of the molecule is CSC1(CNc2cc(C)ncc2C(=O)O)CCC1. The summed E-state index contributed by atoms with van der Waals surface area (Å²) in [6, 6.07) is 1.80. The molecule has 0 amide bonds. The zero-order valence-electron chi connectivity index (χ0n) is 10.7. The molecule has 1 heterocycles. The highest BCUT2D eigenvalue weighted by Gasteiger charge is 2.36. The first kappa shape index (κ1) is 13.2. The van der Waals surface area contributed by atoms with E-state index in [0.717, 1.165) is 12.2 Å². The molecular weight excluding hydrogens is 248 g/mol. The van der Waals surface area contributed by atoms with E-state index in [9.17, 15) is 4.79 Å². The number of nitrogens with one attached hydrogen (secondary N) is 1. The van der Waals surface area contributed by atoms with E-state index in [0.29, 0.717) is 5.69 Å². The molecule has 1 aliphatic carbocycles. The Morgan fingerprint density at radius 1 is 1.61 bits per heavy atom. The highest BCUT2D eigenvalue weighted by atomic mass is 32.2. The van der Waals surface area contributed by atoms with Gasteiger partial charge in [-0.2, -0.15) is 11.8 Å². The van der Waals surface area contributed by atoms with Crippen LogP contribution in [0.15, 0.2) is 12.3 Å². The van der Waals surface area contributed by atoms with Crippen LogP contribution in [0.25, 0.3) is 0 Å². The lowest BCUT2D eigenvalue weighted by Crippen LogP contribution is -2.40. The lowest BCUT2D eigenvalue weighted by molar-refractivity contribution is 0.0697. The zero-order chi connectivity index (χ0) is 13.2. The van der Waals surface area contributed by atoms with Crippen molar-refractivity contribution in [1.82, 2.24) is 4.98 Å². The number of pyridine rings is 1. The van der Waals surface area contributed by atoms with Gasteiger partial charge in [0.2, 0.25) is 0 Å². The maximum atomic E-state index is 11.1. The second-order valence-electron chi connectivity index (χ2n) is 4.77. The summed E-state index contributed by atoms with van der Waals surface area (Å²) in [5.41, 5.74) is 1.75. The van der Waals surface area contributed by atoms with Crippen LogP contribution in [0, 0.1) is 6.92 Å². The predicted molar refractivity (Wildman–Crippen MR) is 74.5 cm³/mol. The van der Waals surface area contributed by atoms with E-state index < -0.39 is 5.97 Å². The molecule has 1 saturated carbocycles. The first-order chi connectivity index (χ1) is 8.56. The van der Waals surface area contributed by atoms with Gasteiger partial charge in [0.15, 0.2) is 0 Å². The fourth-order valence-electron chi connectivity index (χ4n) is 2.16. The Bertz CT molecular complexity index is 453. The number of hydrogen-bond acceptors (Lipinski definition) is 4. The third-order valence-electron chi connectivity index (χ3n) is 3.57. The smallest absolute Gasteiger partial charge is 0.339 e. The van der Waals surface area contributed by atoms with Crippen molar-refractivity contribution in [2.75, 3.05) is 18.1 Å². The van der Waals surface area contributed by atoms with E-state index in [1.165, 1.54) is 25.5 Å². The molecule has 0 bridgehead atoms. The average molecular weight is 266 g/mol. The summed E-state index contributed by atoms with van der Waals surface area (Å²) >= 11 is 1.87.